The van der Waals surface area contributed by atoms with Crippen LogP contribution >= 0.6 is 0 Å². The second kappa shape index (κ2) is 3.58. The zero-order valence-electron chi connectivity index (χ0n) is 8.79. The number of H-pyrrole nitrogens is 1. The number of aromatic nitrogens is 1. The van der Waals surface area contributed by atoms with Gasteiger partial charge in [-0.3, -0.25) is 0 Å². The van der Waals surface area contributed by atoms with E-state index in [1.807, 2.05) is 0 Å². The molecule has 0 atom stereocenters. The summed E-state index contributed by atoms with van der Waals surface area (Å²) < 4.78 is 0. The van der Waals surface area contributed by atoms with E-state index in [9.17, 15) is 0 Å². The normalized spacial score (nSPS) is 14.9. The van der Waals surface area contributed by atoms with Gasteiger partial charge < -0.3 is 4.98 Å². The number of nitrogens with one attached hydrogen (secondary N) is 1. The molecular formula is C14H15N. The number of rotatable bonds is 0. The number of fused-ring (bicyclic) bond motifs is 4. The Morgan fingerprint density at radius 2 is 1.07 bits per heavy atom. The summed E-state index contributed by atoms with van der Waals surface area (Å²) >= 11 is 0. The van der Waals surface area contributed by atoms with Gasteiger partial charge in [-0.2, -0.15) is 0 Å². The molecule has 0 aliphatic carbocycles. The fourth-order valence-corrected chi connectivity index (χ4v) is 2.21. The number of aromatic amines is 1. The molecule has 76 valence electrons. The summed E-state index contributed by atoms with van der Waals surface area (Å²) in [4.78, 5) is 3.50. The molecule has 4 bridgehead atoms. The molecule has 1 N–H and O–H groups in total. The first-order valence-electron chi connectivity index (χ1n) is 5.65. The van der Waals surface area contributed by atoms with Crippen molar-refractivity contribution in [3.8, 4) is 0 Å². The topological polar surface area (TPSA) is 15.8 Å². The van der Waals surface area contributed by atoms with Crippen molar-refractivity contribution in [1.29, 1.82) is 0 Å². The molecule has 0 saturated heterocycles. The average Bonchev–Trinajstić information content (AvgIpc) is 2.69. The van der Waals surface area contributed by atoms with E-state index in [0.717, 1.165) is 25.7 Å². The Labute approximate surface area is 90.2 Å². The summed E-state index contributed by atoms with van der Waals surface area (Å²) in [6.45, 7) is 0. The third-order valence-corrected chi connectivity index (χ3v) is 3.20. The van der Waals surface area contributed by atoms with E-state index in [0.29, 0.717) is 0 Å². The lowest BCUT2D eigenvalue weighted by Crippen LogP contribution is -1.91. The molecule has 0 unspecified atom stereocenters. The zero-order chi connectivity index (χ0) is 10.1. The molecule has 0 radical (unpaired) electrons. The van der Waals surface area contributed by atoms with E-state index < -0.39 is 0 Å². The van der Waals surface area contributed by atoms with Crippen LogP contribution in [-0.4, -0.2) is 4.98 Å². The molecule has 15 heavy (non-hydrogen) atoms. The van der Waals surface area contributed by atoms with Crippen LogP contribution in [0.15, 0.2) is 36.4 Å². The summed E-state index contributed by atoms with van der Waals surface area (Å²) in [5.41, 5.74) is 5.62. The van der Waals surface area contributed by atoms with Crippen LogP contribution in [0.25, 0.3) is 0 Å². The predicted octanol–water partition coefficient (Wildman–Crippen LogP) is 2.90. The van der Waals surface area contributed by atoms with Gasteiger partial charge in [-0.1, -0.05) is 24.3 Å². The van der Waals surface area contributed by atoms with Gasteiger partial charge in [0.25, 0.3) is 0 Å². The minimum atomic E-state index is 1.12. The van der Waals surface area contributed by atoms with E-state index in [1.54, 1.807) is 0 Å². The van der Waals surface area contributed by atoms with Crippen LogP contribution in [0, 0.1) is 0 Å². The number of hydrogen-bond acceptors (Lipinski definition) is 0. The third-order valence-electron chi connectivity index (χ3n) is 3.20. The predicted molar refractivity (Wildman–Crippen MR) is 62.1 cm³/mol. The van der Waals surface area contributed by atoms with Crippen molar-refractivity contribution in [2.45, 2.75) is 25.7 Å². The van der Waals surface area contributed by atoms with E-state index in [4.69, 9.17) is 0 Å². The molecule has 1 heteroatoms. The van der Waals surface area contributed by atoms with Gasteiger partial charge in [0, 0.05) is 11.4 Å². The number of benzene rings is 1. The molecule has 3 heterocycles. The standard InChI is InChI=1S/C14H15N/c1-2-12-4-3-11(1)5-7-13-9-10-14(15-13)8-6-12/h1-4,9-10,15H,5-8H2. The van der Waals surface area contributed by atoms with Crippen LogP contribution < -0.4 is 0 Å². The van der Waals surface area contributed by atoms with Crippen LogP contribution in [0.5, 0.6) is 0 Å². The molecule has 0 amide bonds. The zero-order valence-corrected chi connectivity index (χ0v) is 8.79. The summed E-state index contributed by atoms with van der Waals surface area (Å²) in [6, 6.07) is 13.5. The van der Waals surface area contributed by atoms with Gasteiger partial charge in [-0.05, 0) is 48.9 Å². The van der Waals surface area contributed by atoms with Crippen molar-refractivity contribution >= 4 is 0 Å². The third kappa shape index (κ3) is 1.82. The van der Waals surface area contributed by atoms with Crippen molar-refractivity contribution in [2.75, 3.05) is 0 Å². The maximum absolute atomic E-state index is 3.50. The van der Waals surface area contributed by atoms with Gasteiger partial charge >= 0.3 is 0 Å². The minimum Gasteiger partial charge on any atom is -0.362 e. The second-order valence-corrected chi connectivity index (χ2v) is 4.33. The Bertz CT molecular complexity index is 409. The van der Waals surface area contributed by atoms with Crippen molar-refractivity contribution in [3.63, 3.8) is 0 Å². The molecular weight excluding hydrogens is 182 g/mol. The molecule has 2 aliphatic heterocycles. The first-order valence-corrected chi connectivity index (χ1v) is 5.65. The molecule has 2 aromatic rings. The van der Waals surface area contributed by atoms with Crippen molar-refractivity contribution in [3.05, 3.63) is 58.9 Å². The maximum atomic E-state index is 3.50. The van der Waals surface area contributed by atoms with Gasteiger partial charge in [0.05, 0.1) is 0 Å². The monoisotopic (exact) mass is 197 g/mol. The van der Waals surface area contributed by atoms with Crippen LogP contribution in [0.2, 0.25) is 0 Å². The summed E-state index contributed by atoms with van der Waals surface area (Å²) in [5, 5.41) is 0. The van der Waals surface area contributed by atoms with E-state index in [1.165, 1.54) is 22.5 Å². The highest BCUT2D eigenvalue weighted by Gasteiger charge is 2.03. The first-order chi connectivity index (χ1) is 7.40. The maximum Gasteiger partial charge on any atom is 0.0152 e. The molecule has 0 spiro atoms. The fraction of sp³-hybridized carbons (Fsp3) is 0.286. The molecule has 1 aromatic heterocycles. The molecule has 0 saturated carbocycles. The summed E-state index contributed by atoms with van der Waals surface area (Å²) in [7, 11) is 0. The van der Waals surface area contributed by atoms with Gasteiger partial charge in [0.2, 0.25) is 0 Å². The molecule has 2 aliphatic rings. The van der Waals surface area contributed by atoms with Gasteiger partial charge in [-0.15, -0.1) is 0 Å². The lowest BCUT2D eigenvalue weighted by atomic mass is 10.0. The largest absolute Gasteiger partial charge is 0.362 e. The lowest BCUT2D eigenvalue weighted by molar-refractivity contribution is 0.895. The Balaban J connectivity index is 1.97. The fourth-order valence-electron chi connectivity index (χ4n) is 2.21. The second-order valence-electron chi connectivity index (χ2n) is 4.33. The molecule has 0 fully saturated rings. The van der Waals surface area contributed by atoms with E-state index >= 15 is 0 Å². The van der Waals surface area contributed by atoms with Crippen LogP contribution in [0.4, 0.5) is 0 Å². The Morgan fingerprint density at radius 1 is 0.600 bits per heavy atom. The molecule has 4 rings (SSSR count). The van der Waals surface area contributed by atoms with Crippen molar-refractivity contribution in [1.82, 2.24) is 4.98 Å². The lowest BCUT2D eigenvalue weighted by Gasteiger charge is -2.02. The molecule has 1 nitrogen and oxygen atoms in total. The van der Waals surface area contributed by atoms with Gasteiger partial charge in [0.1, 0.15) is 0 Å². The quantitative estimate of drug-likeness (QED) is 0.668. The SMILES string of the molecule is c1cc2ccc1CCc1ccc([nH]1)CC2. The Kier molecular flexibility index (Phi) is 2.09. The van der Waals surface area contributed by atoms with Crippen molar-refractivity contribution < 1.29 is 0 Å². The number of hydrogen-bond donors (Lipinski definition) is 1. The summed E-state index contributed by atoms with van der Waals surface area (Å²) in [5.74, 6) is 0. The van der Waals surface area contributed by atoms with E-state index in [2.05, 4.69) is 41.4 Å². The van der Waals surface area contributed by atoms with Gasteiger partial charge in [-0.25, -0.2) is 0 Å². The van der Waals surface area contributed by atoms with Gasteiger partial charge in [0.15, 0.2) is 0 Å². The molecule has 1 aromatic carbocycles. The first kappa shape index (κ1) is 8.78. The van der Waals surface area contributed by atoms with Crippen LogP contribution in [-0.2, 0) is 25.7 Å². The van der Waals surface area contributed by atoms with Crippen LogP contribution in [0.3, 0.4) is 0 Å². The highest BCUT2D eigenvalue weighted by Crippen LogP contribution is 2.14. The van der Waals surface area contributed by atoms with Crippen molar-refractivity contribution in [2.24, 2.45) is 0 Å². The van der Waals surface area contributed by atoms with Crippen LogP contribution in [0.1, 0.15) is 22.5 Å². The number of aryl methyl sites for hydroxylation is 4. The van der Waals surface area contributed by atoms with E-state index in [-0.39, 0.29) is 0 Å². The summed E-state index contributed by atoms with van der Waals surface area (Å²) in [6.07, 6.45) is 4.53. The Hall–Kier alpha value is -1.50. The Morgan fingerprint density at radius 3 is 1.53 bits per heavy atom. The highest BCUT2D eigenvalue weighted by molar-refractivity contribution is 5.26. The highest BCUT2D eigenvalue weighted by atomic mass is 14.7. The average molecular weight is 197 g/mol. The smallest absolute Gasteiger partial charge is 0.0152 e. The minimum absolute atomic E-state index is 1.12.